The summed E-state index contributed by atoms with van der Waals surface area (Å²) in [6.07, 6.45) is 5.10. The molecule has 21 heavy (non-hydrogen) atoms. The fourth-order valence-electron chi connectivity index (χ4n) is 1.91. The molecule has 0 bridgehead atoms. The van der Waals surface area contributed by atoms with Crippen LogP contribution in [0.1, 0.15) is 5.56 Å². The predicted octanol–water partition coefficient (Wildman–Crippen LogP) is 2.56. The minimum Gasteiger partial charge on any atom is -0.439 e. The summed E-state index contributed by atoms with van der Waals surface area (Å²) in [7, 11) is 1.86. The van der Waals surface area contributed by atoms with E-state index in [-0.39, 0.29) is 0 Å². The summed E-state index contributed by atoms with van der Waals surface area (Å²) in [5.41, 5.74) is 9.25. The summed E-state index contributed by atoms with van der Waals surface area (Å²) in [5.74, 6) is 1.11. The first-order chi connectivity index (χ1) is 10.1. The van der Waals surface area contributed by atoms with Gasteiger partial charge in [0.05, 0.1) is 11.9 Å². The first kappa shape index (κ1) is 13.1. The number of rotatable bonds is 3. The lowest BCUT2D eigenvalue weighted by Crippen LogP contribution is -1.93. The molecular formula is C15H15N5O. The highest BCUT2D eigenvalue weighted by Crippen LogP contribution is 2.25. The molecule has 0 aliphatic carbocycles. The lowest BCUT2D eigenvalue weighted by molar-refractivity contribution is 0.462. The molecule has 6 heteroatoms. The summed E-state index contributed by atoms with van der Waals surface area (Å²) in [5, 5.41) is 4.13. The highest BCUT2D eigenvalue weighted by atomic mass is 16.5. The van der Waals surface area contributed by atoms with Crippen molar-refractivity contribution >= 4 is 5.69 Å². The monoisotopic (exact) mass is 281 g/mol. The molecule has 0 spiro atoms. The van der Waals surface area contributed by atoms with Crippen molar-refractivity contribution in [2.24, 2.45) is 7.05 Å². The average molecular weight is 281 g/mol. The van der Waals surface area contributed by atoms with Crippen LogP contribution >= 0.6 is 0 Å². The second-order valence-corrected chi connectivity index (χ2v) is 4.76. The highest BCUT2D eigenvalue weighted by Gasteiger charge is 2.06. The summed E-state index contributed by atoms with van der Waals surface area (Å²) in [6.45, 7) is 1.95. The Kier molecular flexibility index (Phi) is 3.27. The summed E-state index contributed by atoms with van der Waals surface area (Å²) in [6, 6.07) is 7.32. The van der Waals surface area contributed by atoms with E-state index in [2.05, 4.69) is 15.1 Å². The molecule has 0 aliphatic rings. The van der Waals surface area contributed by atoms with Gasteiger partial charge in [-0.2, -0.15) is 5.10 Å². The number of nitrogens with two attached hydrogens (primary N) is 1. The standard InChI is InChI=1S/C15H15N5O/c1-10-3-4-12(5-13(10)16)21-15-6-14(17-9-18-15)11-7-19-20(2)8-11/h3-9H,16H2,1-2H3. The van der Waals surface area contributed by atoms with E-state index in [1.54, 1.807) is 23.0 Å². The predicted molar refractivity (Wildman–Crippen MR) is 79.9 cm³/mol. The number of hydrogen-bond acceptors (Lipinski definition) is 5. The molecule has 0 radical (unpaired) electrons. The summed E-state index contributed by atoms with van der Waals surface area (Å²) >= 11 is 0. The van der Waals surface area contributed by atoms with Gasteiger partial charge < -0.3 is 10.5 Å². The van der Waals surface area contributed by atoms with Crippen molar-refractivity contribution < 1.29 is 4.74 Å². The minimum absolute atomic E-state index is 0.465. The van der Waals surface area contributed by atoms with Crippen molar-refractivity contribution in [1.29, 1.82) is 0 Å². The van der Waals surface area contributed by atoms with Crippen LogP contribution in [0, 0.1) is 6.92 Å². The fourth-order valence-corrected chi connectivity index (χ4v) is 1.91. The first-order valence-corrected chi connectivity index (χ1v) is 6.47. The zero-order valence-corrected chi connectivity index (χ0v) is 11.8. The number of aryl methyl sites for hydroxylation is 2. The largest absolute Gasteiger partial charge is 0.439 e. The molecule has 0 saturated heterocycles. The second kappa shape index (κ2) is 5.24. The van der Waals surface area contributed by atoms with Gasteiger partial charge in [0.15, 0.2) is 0 Å². The second-order valence-electron chi connectivity index (χ2n) is 4.76. The van der Waals surface area contributed by atoms with Gasteiger partial charge in [0.2, 0.25) is 5.88 Å². The molecule has 3 rings (SSSR count). The molecule has 0 atom stereocenters. The third-order valence-electron chi connectivity index (χ3n) is 3.12. The normalized spacial score (nSPS) is 10.6. The number of nitrogens with zero attached hydrogens (tertiary/aromatic N) is 4. The molecule has 2 heterocycles. The van der Waals surface area contributed by atoms with Crippen LogP contribution in [0.3, 0.4) is 0 Å². The third kappa shape index (κ3) is 2.84. The van der Waals surface area contributed by atoms with Crippen molar-refractivity contribution in [3.63, 3.8) is 0 Å². The molecule has 2 aromatic heterocycles. The minimum atomic E-state index is 0.465. The van der Waals surface area contributed by atoms with Crippen molar-refractivity contribution in [1.82, 2.24) is 19.7 Å². The van der Waals surface area contributed by atoms with E-state index in [0.29, 0.717) is 17.3 Å². The van der Waals surface area contributed by atoms with Crippen molar-refractivity contribution in [2.45, 2.75) is 6.92 Å². The van der Waals surface area contributed by atoms with Crippen molar-refractivity contribution in [3.05, 3.63) is 48.5 Å². The van der Waals surface area contributed by atoms with Crippen molar-refractivity contribution in [3.8, 4) is 22.9 Å². The van der Waals surface area contributed by atoms with Crippen LogP contribution in [0.4, 0.5) is 5.69 Å². The highest BCUT2D eigenvalue weighted by molar-refractivity contribution is 5.58. The van der Waals surface area contributed by atoms with E-state index in [1.165, 1.54) is 6.33 Å². The number of hydrogen-bond donors (Lipinski definition) is 1. The Hall–Kier alpha value is -2.89. The molecule has 106 valence electrons. The quantitative estimate of drug-likeness (QED) is 0.746. The smallest absolute Gasteiger partial charge is 0.222 e. The number of ether oxygens (including phenoxy) is 1. The molecular weight excluding hydrogens is 266 g/mol. The maximum Gasteiger partial charge on any atom is 0.222 e. The maximum atomic E-state index is 5.87. The van der Waals surface area contributed by atoms with Gasteiger partial charge >= 0.3 is 0 Å². The molecule has 0 amide bonds. The Morgan fingerprint density at radius 2 is 2.05 bits per heavy atom. The number of nitrogen functional groups attached to an aromatic ring is 1. The Labute approximate surface area is 122 Å². The van der Waals surface area contributed by atoms with Gasteiger partial charge in [-0.3, -0.25) is 4.68 Å². The van der Waals surface area contributed by atoms with Gasteiger partial charge in [-0.15, -0.1) is 0 Å². The molecule has 1 aromatic carbocycles. The van der Waals surface area contributed by atoms with Gasteiger partial charge in [0.1, 0.15) is 12.1 Å². The Morgan fingerprint density at radius 3 is 2.76 bits per heavy atom. The van der Waals surface area contributed by atoms with E-state index in [9.17, 15) is 0 Å². The van der Waals surface area contributed by atoms with E-state index in [0.717, 1.165) is 16.8 Å². The van der Waals surface area contributed by atoms with Crippen LogP contribution in [0.5, 0.6) is 11.6 Å². The van der Waals surface area contributed by atoms with Gasteiger partial charge in [-0.25, -0.2) is 9.97 Å². The zero-order chi connectivity index (χ0) is 14.8. The van der Waals surface area contributed by atoms with E-state index in [4.69, 9.17) is 10.5 Å². The molecule has 3 aromatic rings. The van der Waals surface area contributed by atoms with E-state index in [1.807, 2.05) is 32.3 Å². The van der Waals surface area contributed by atoms with Gasteiger partial charge in [-0.1, -0.05) is 6.07 Å². The van der Waals surface area contributed by atoms with E-state index >= 15 is 0 Å². The average Bonchev–Trinajstić information content (AvgIpc) is 2.90. The number of anilines is 1. The molecule has 0 unspecified atom stereocenters. The Bertz CT molecular complexity index is 781. The third-order valence-corrected chi connectivity index (χ3v) is 3.12. The number of benzene rings is 1. The van der Waals surface area contributed by atoms with Crippen LogP contribution in [0.25, 0.3) is 11.3 Å². The van der Waals surface area contributed by atoms with Crippen LogP contribution in [-0.2, 0) is 7.05 Å². The van der Waals surface area contributed by atoms with Crippen LogP contribution < -0.4 is 10.5 Å². The summed E-state index contributed by atoms with van der Waals surface area (Å²) < 4.78 is 7.45. The molecule has 6 nitrogen and oxygen atoms in total. The summed E-state index contributed by atoms with van der Waals surface area (Å²) in [4.78, 5) is 8.34. The number of aromatic nitrogens is 4. The first-order valence-electron chi connectivity index (χ1n) is 6.47. The van der Waals surface area contributed by atoms with Gasteiger partial charge in [0.25, 0.3) is 0 Å². The van der Waals surface area contributed by atoms with E-state index < -0.39 is 0 Å². The maximum absolute atomic E-state index is 5.87. The molecule has 0 saturated carbocycles. The lowest BCUT2D eigenvalue weighted by atomic mass is 10.2. The Morgan fingerprint density at radius 1 is 1.19 bits per heavy atom. The fraction of sp³-hybridized carbons (Fsp3) is 0.133. The topological polar surface area (TPSA) is 78.8 Å². The Balaban J connectivity index is 1.87. The van der Waals surface area contributed by atoms with Gasteiger partial charge in [0, 0.05) is 36.6 Å². The molecule has 0 fully saturated rings. The van der Waals surface area contributed by atoms with Gasteiger partial charge in [-0.05, 0) is 18.6 Å². The lowest BCUT2D eigenvalue weighted by Gasteiger charge is -2.07. The van der Waals surface area contributed by atoms with Crippen molar-refractivity contribution in [2.75, 3.05) is 5.73 Å². The van der Waals surface area contributed by atoms with Crippen LogP contribution in [0.15, 0.2) is 43.0 Å². The molecule has 2 N–H and O–H groups in total. The molecule has 0 aliphatic heterocycles. The van der Waals surface area contributed by atoms with Crippen LogP contribution in [-0.4, -0.2) is 19.7 Å². The van der Waals surface area contributed by atoms with Crippen LogP contribution in [0.2, 0.25) is 0 Å². The SMILES string of the molecule is Cc1ccc(Oc2cc(-c3cnn(C)c3)ncn2)cc1N. The zero-order valence-electron chi connectivity index (χ0n) is 11.8.